The van der Waals surface area contributed by atoms with Gasteiger partial charge in [-0.15, -0.1) is 0 Å². The van der Waals surface area contributed by atoms with E-state index in [1.165, 1.54) is 180 Å². The van der Waals surface area contributed by atoms with Gasteiger partial charge in [-0.25, -0.2) is 0 Å². The number of rotatable bonds is 39. The summed E-state index contributed by atoms with van der Waals surface area (Å²) in [5, 5.41) is 3.32. The number of nitrogens with zero attached hydrogens (tertiary/aromatic N) is 2. The summed E-state index contributed by atoms with van der Waals surface area (Å²) in [4.78, 5) is 5.23. The maximum atomic E-state index is 3.32. The van der Waals surface area contributed by atoms with E-state index in [9.17, 15) is 0 Å². The molecule has 0 aliphatic heterocycles. The molecule has 0 saturated carbocycles. The Hall–Kier alpha value is -1.16. The first kappa shape index (κ1) is 48.8. The number of hydrogen-bond acceptors (Lipinski definition) is 3. The van der Waals surface area contributed by atoms with E-state index >= 15 is 0 Å². The van der Waals surface area contributed by atoms with E-state index < -0.39 is 0 Å². The highest BCUT2D eigenvalue weighted by molar-refractivity contribution is 4.93. The van der Waals surface area contributed by atoms with Crippen molar-refractivity contribution in [1.82, 2.24) is 15.1 Å². The summed E-state index contributed by atoms with van der Waals surface area (Å²) in [5.41, 5.74) is 0. The van der Waals surface area contributed by atoms with Gasteiger partial charge in [0.15, 0.2) is 0 Å². The minimum absolute atomic E-state index is 0.658. The van der Waals surface area contributed by atoms with Crippen LogP contribution in [0.1, 0.15) is 200 Å². The van der Waals surface area contributed by atoms with E-state index in [0.29, 0.717) is 6.04 Å². The molecule has 0 fully saturated rings. The van der Waals surface area contributed by atoms with Crippen molar-refractivity contribution in [2.24, 2.45) is 0 Å². The van der Waals surface area contributed by atoms with Crippen molar-refractivity contribution in [2.75, 3.05) is 41.3 Å². The summed E-state index contributed by atoms with van der Waals surface area (Å²) in [6.07, 6.45) is 57.7. The molecule has 0 aliphatic rings. The zero-order chi connectivity index (χ0) is 36.6. The van der Waals surface area contributed by atoms with Gasteiger partial charge in [-0.1, -0.05) is 159 Å². The molecule has 0 radical (unpaired) electrons. The van der Waals surface area contributed by atoms with Gasteiger partial charge >= 0.3 is 0 Å². The highest BCUT2D eigenvalue weighted by Crippen LogP contribution is 2.20. The second kappa shape index (κ2) is 40.6. The highest BCUT2D eigenvalue weighted by atomic mass is 15.2. The largest absolute Gasteiger partial charge is 0.320 e. The van der Waals surface area contributed by atoms with Crippen LogP contribution in [-0.2, 0) is 0 Å². The maximum absolute atomic E-state index is 3.32. The molecule has 0 aromatic carbocycles. The molecule has 294 valence electrons. The first-order chi connectivity index (χ1) is 24.6. The van der Waals surface area contributed by atoms with Gasteiger partial charge in [0.05, 0.1) is 0 Å². The molecule has 1 atom stereocenters. The Morgan fingerprint density at radius 1 is 0.420 bits per heavy atom. The molecule has 0 spiro atoms. The van der Waals surface area contributed by atoms with Crippen LogP contribution in [0.2, 0.25) is 0 Å². The van der Waals surface area contributed by atoms with Gasteiger partial charge < -0.3 is 15.1 Å². The third-order valence-corrected chi connectivity index (χ3v) is 10.5. The SMILES string of the molecule is CCCCC/C=C\C/C=C\CCCCCCCCC(CCCCCCCC/C=C\C/C=C\CCCCC)N(C)CC(CCCCNC)N(C)C. The Labute approximate surface area is 316 Å². The molecule has 50 heavy (non-hydrogen) atoms. The Morgan fingerprint density at radius 3 is 1.18 bits per heavy atom. The van der Waals surface area contributed by atoms with Crippen LogP contribution in [0.3, 0.4) is 0 Å². The molecule has 1 unspecified atom stereocenters. The van der Waals surface area contributed by atoms with Gasteiger partial charge in [0.25, 0.3) is 0 Å². The second-order valence-corrected chi connectivity index (χ2v) is 15.6. The second-order valence-electron chi connectivity index (χ2n) is 15.6. The van der Waals surface area contributed by atoms with Crippen LogP contribution < -0.4 is 5.32 Å². The van der Waals surface area contributed by atoms with Crippen LogP contribution in [0.25, 0.3) is 0 Å². The molecule has 1 N–H and O–H groups in total. The van der Waals surface area contributed by atoms with Gasteiger partial charge in [-0.3, -0.25) is 0 Å². The third kappa shape index (κ3) is 35.3. The summed E-state index contributed by atoms with van der Waals surface area (Å²) >= 11 is 0. The van der Waals surface area contributed by atoms with Crippen LogP contribution in [-0.4, -0.2) is 63.2 Å². The van der Waals surface area contributed by atoms with Crippen molar-refractivity contribution in [3.63, 3.8) is 0 Å². The summed E-state index contributed by atoms with van der Waals surface area (Å²) in [7, 11) is 9.08. The molecular weight excluding hydrogens is 607 g/mol. The van der Waals surface area contributed by atoms with Gasteiger partial charge in [0, 0.05) is 18.6 Å². The first-order valence-corrected chi connectivity index (χ1v) is 22.2. The molecule has 0 rings (SSSR count). The predicted octanol–water partition coefficient (Wildman–Crippen LogP) is 14.0. The van der Waals surface area contributed by atoms with Crippen molar-refractivity contribution in [3.05, 3.63) is 48.6 Å². The van der Waals surface area contributed by atoms with E-state index in [4.69, 9.17) is 0 Å². The minimum atomic E-state index is 0.658. The Balaban J connectivity index is 4.37. The quantitative estimate of drug-likeness (QED) is 0.0509. The topological polar surface area (TPSA) is 18.5 Å². The number of likely N-dealkylation sites (N-methyl/N-ethyl adjacent to an activating group) is 2. The third-order valence-electron chi connectivity index (χ3n) is 10.5. The van der Waals surface area contributed by atoms with Crippen LogP contribution in [0, 0.1) is 0 Å². The normalized spacial score (nSPS) is 13.3. The Morgan fingerprint density at radius 2 is 0.780 bits per heavy atom. The molecule has 3 nitrogen and oxygen atoms in total. The van der Waals surface area contributed by atoms with Crippen LogP contribution in [0.5, 0.6) is 0 Å². The van der Waals surface area contributed by atoms with Crippen LogP contribution in [0.15, 0.2) is 48.6 Å². The molecule has 0 bridgehead atoms. The molecule has 0 saturated heterocycles. The Bertz CT molecular complexity index is 718. The van der Waals surface area contributed by atoms with Gasteiger partial charge in [-0.2, -0.15) is 0 Å². The smallest absolute Gasteiger partial charge is 0.0217 e. The highest BCUT2D eigenvalue weighted by Gasteiger charge is 2.20. The number of allylic oxidation sites excluding steroid dienone is 8. The van der Waals surface area contributed by atoms with Crippen molar-refractivity contribution in [1.29, 1.82) is 0 Å². The van der Waals surface area contributed by atoms with Crippen molar-refractivity contribution in [3.8, 4) is 0 Å². The summed E-state index contributed by atoms with van der Waals surface area (Å²) in [6.45, 7) is 6.90. The fourth-order valence-corrected chi connectivity index (χ4v) is 7.00. The lowest BCUT2D eigenvalue weighted by Crippen LogP contribution is -2.43. The predicted molar refractivity (Wildman–Crippen MR) is 230 cm³/mol. The monoisotopic (exact) mass is 698 g/mol. The van der Waals surface area contributed by atoms with Crippen LogP contribution in [0.4, 0.5) is 0 Å². The molecule has 0 aliphatic carbocycles. The number of hydrogen-bond donors (Lipinski definition) is 1. The average molecular weight is 698 g/mol. The lowest BCUT2D eigenvalue weighted by atomic mass is 9.98. The fourth-order valence-electron chi connectivity index (χ4n) is 7.00. The number of unbranched alkanes of at least 4 members (excludes halogenated alkanes) is 19. The van der Waals surface area contributed by atoms with Crippen molar-refractivity contribution in [2.45, 2.75) is 212 Å². The van der Waals surface area contributed by atoms with E-state index in [-0.39, 0.29) is 0 Å². The lowest BCUT2D eigenvalue weighted by Gasteiger charge is -2.34. The zero-order valence-corrected chi connectivity index (χ0v) is 35.1. The zero-order valence-electron chi connectivity index (χ0n) is 35.1. The fraction of sp³-hybridized carbons (Fsp3) is 0.830. The van der Waals surface area contributed by atoms with Crippen LogP contribution >= 0.6 is 0 Å². The summed E-state index contributed by atoms with van der Waals surface area (Å²) < 4.78 is 0. The standard InChI is InChI=1S/C47H91N3/c1-7-9-11-13-15-17-19-21-23-25-27-29-31-33-35-37-41-46(50(6)45-47(49(4)5)43-39-40-44-48-3)42-38-36-34-32-30-28-26-24-22-20-18-16-14-12-10-8-2/h15-18,21-24,46-48H,7-14,19-20,25-45H2,1-6H3/b17-15-,18-16-,23-21-,24-22-. The maximum Gasteiger partial charge on any atom is 0.0217 e. The summed E-state index contributed by atoms with van der Waals surface area (Å²) in [6, 6.07) is 1.40. The molecule has 0 aromatic heterocycles. The minimum Gasteiger partial charge on any atom is -0.320 e. The molecule has 0 amide bonds. The van der Waals surface area contributed by atoms with Gasteiger partial charge in [0.1, 0.15) is 0 Å². The van der Waals surface area contributed by atoms with Gasteiger partial charge in [0.2, 0.25) is 0 Å². The van der Waals surface area contributed by atoms with Gasteiger partial charge in [-0.05, 0) is 125 Å². The molecular formula is C47H91N3. The van der Waals surface area contributed by atoms with Crippen molar-refractivity contribution >= 4 is 0 Å². The van der Waals surface area contributed by atoms with Crippen molar-refractivity contribution < 1.29 is 0 Å². The first-order valence-electron chi connectivity index (χ1n) is 22.2. The molecule has 0 heterocycles. The lowest BCUT2D eigenvalue weighted by molar-refractivity contribution is 0.144. The molecule has 0 aromatic rings. The average Bonchev–Trinajstić information content (AvgIpc) is 3.11. The number of nitrogens with one attached hydrogen (secondary N) is 1. The van der Waals surface area contributed by atoms with E-state index in [1.54, 1.807) is 0 Å². The van der Waals surface area contributed by atoms with E-state index in [0.717, 1.165) is 25.4 Å². The summed E-state index contributed by atoms with van der Waals surface area (Å²) in [5.74, 6) is 0. The molecule has 3 heteroatoms. The Kier molecular flexibility index (Phi) is 39.7. The van der Waals surface area contributed by atoms with E-state index in [1.807, 2.05) is 0 Å². The van der Waals surface area contributed by atoms with E-state index in [2.05, 4.69) is 106 Å².